The molecule has 0 saturated heterocycles. The normalized spacial score (nSPS) is 10.9. The van der Waals surface area contributed by atoms with Crippen molar-refractivity contribution in [1.82, 2.24) is 19.5 Å². The molecular formula is C21H19N5O2S. The van der Waals surface area contributed by atoms with Gasteiger partial charge >= 0.3 is 0 Å². The SMILES string of the molecule is Cc1nc(NC(=O)CCCn2cnc3ccccc3c2=O)sc1-c1ccccn1. The Bertz CT molecular complexity index is 1220. The maximum atomic E-state index is 12.5. The van der Waals surface area contributed by atoms with E-state index < -0.39 is 0 Å². The number of hydrogen-bond donors (Lipinski definition) is 1. The Morgan fingerprint density at radius 1 is 1.14 bits per heavy atom. The van der Waals surface area contributed by atoms with E-state index in [0.717, 1.165) is 16.3 Å². The molecule has 29 heavy (non-hydrogen) atoms. The third-order valence-corrected chi connectivity index (χ3v) is 5.57. The fourth-order valence-corrected chi connectivity index (χ4v) is 4.00. The Balaban J connectivity index is 1.36. The smallest absolute Gasteiger partial charge is 0.261 e. The van der Waals surface area contributed by atoms with Crippen molar-refractivity contribution in [2.45, 2.75) is 26.3 Å². The van der Waals surface area contributed by atoms with Gasteiger partial charge in [-0.1, -0.05) is 29.5 Å². The van der Waals surface area contributed by atoms with Crippen LogP contribution in [0.2, 0.25) is 0 Å². The van der Waals surface area contributed by atoms with Crippen LogP contribution in [0.4, 0.5) is 5.13 Å². The molecule has 0 spiro atoms. The molecule has 0 fully saturated rings. The number of pyridine rings is 1. The summed E-state index contributed by atoms with van der Waals surface area (Å²) < 4.78 is 1.54. The number of aromatic nitrogens is 4. The Hall–Kier alpha value is -3.39. The van der Waals surface area contributed by atoms with Gasteiger partial charge in [0.15, 0.2) is 5.13 Å². The zero-order valence-corrected chi connectivity index (χ0v) is 16.6. The zero-order chi connectivity index (χ0) is 20.2. The maximum Gasteiger partial charge on any atom is 0.261 e. The van der Waals surface area contributed by atoms with Crippen molar-refractivity contribution in [2.75, 3.05) is 5.32 Å². The number of benzene rings is 1. The molecule has 1 aromatic carbocycles. The Morgan fingerprint density at radius 2 is 1.97 bits per heavy atom. The second-order valence-corrected chi connectivity index (χ2v) is 7.56. The van der Waals surface area contributed by atoms with Crippen molar-refractivity contribution < 1.29 is 4.79 Å². The summed E-state index contributed by atoms with van der Waals surface area (Å²) in [5, 5.41) is 3.98. The van der Waals surface area contributed by atoms with Crippen LogP contribution in [-0.4, -0.2) is 25.4 Å². The number of fused-ring (bicyclic) bond motifs is 1. The molecule has 0 aliphatic heterocycles. The van der Waals surface area contributed by atoms with E-state index in [1.807, 2.05) is 43.3 Å². The lowest BCUT2D eigenvalue weighted by molar-refractivity contribution is -0.116. The van der Waals surface area contributed by atoms with Crippen LogP contribution in [0.3, 0.4) is 0 Å². The third-order valence-electron chi connectivity index (χ3n) is 4.47. The lowest BCUT2D eigenvalue weighted by Gasteiger charge is -2.06. The molecule has 3 aromatic heterocycles. The lowest BCUT2D eigenvalue weighted by Crippen LogP contribution is -2.21. The van der Waals surface area contributed by atoms with Gasteiger partial charge in [-0.05, 0) is 37.6 Å². The number of thiazole rings is 1. The average Bonchev–Trinajstić information content (AvgIpc) is 3.10. The van der Waals surface area contributed by atoms with Crippen LogP contribution in [-0.2, 0) is 11.3 Å². The highest BCUT2D eigenvalue weighted by atomic mass is 32.1. The van der Waals surface area contributed by atoms with E-state index in [1.54, 1.807) is 16.8 Å². The molecule has 1 amide bonds. The lowest BCUT2D eigenvalue weighted by atomic mass is 10.2. The summed E-state index contributed by atoms with van der Waals surface area (Å²) in [5.41, 5.74) is 2.25. The highest BCUT2D eigenvalue weighted by molar-refractivity contribution is 7.19. The first-order chi connectivity index (χ1) is 14.1. The van der Waals surface area contributed by atoms with Crippen LogP contribution in [0.25, 0.3) is 21.5 Å². The Morgan fingerprint density at radius 3 is 2.79 bits per heavy atom. The van der Waals surface area contributed by atoms with Crippen LogP contribution in [0.15, 0.2) is 59.8 Å². The van der Waals surface area contributed by atoms with Crippen LogP contribution < -0.4 is 10.9 Å². The van der Waals surface area contributed by atoms with Gasteiger partial charge in [-0.2, -0.15) is 0 Å². The van der Waals surface area contributed by atoms with E-state index in [0.29, 0.717) is 29.0 Å². The van der Waals surface area contributed by atoms with Gasteiger partial charge in [-0.3, -0.25) is 19.1 Å². The molecule has 7 nitrogen and oxygen atoms in total. The number of para-hydroxylation sites is 1. The van der Waals surface area contributed by atoms with Gasteiger partial charge in [0, 0.05) is 19.2 Å². The molecule has 8 heteroatoms. The average molecular weight is 405 g/mol. The van der Waals surface area contributed by atoms with Crippen molar-refractivity contribution in [3.63, 3.8) is 0 Å². The number of aryl methyl sites for hydroxylation is 2. The van der Waals surface area contributed by atoms with E-state index >= 15 is 0 Å². The van der Waals surface area contributed by atoms with Gasteiger partial charge in [-0.15, -0.1) is 0 Å². The van der Waals surface area contributed by atoms with Crippen LogP contribution >= 0.6 is 11.3 Å². The molecule has 0 saturated carbocycles. The standard InChI is InChI=1S/C21H19N5O2S/c1-14-19(17-9-4-5-11-22-17)29-21(24-14)25-18(27)10-6-12-26-13-23-16-8-3-2-7-15(16)20(26)28/h2-5,7-9,11,13H,6,10,12H2,1H3,(H,24,25,27). The first-order valence-electron chi connectivity index (χ1n) is 9.24. The fourth-order valence-electron chi connectivity index (χ4n) is 3.04. The van der Waals surface area contributed by atoms with Crippen molar-refractivity contribution >= 4 is 33.3 Å². The number of nitrogens with zero attached hydrogens (tertiary/aromatic N) is 4. The molecule has 0 atom stereocenters. The minimum Gasteiger partial charge on any atom is -0.302 e. The summed E-state index contributed by atoms with van der Waals surface area (Å²) in [6.45, 7) is 2.33. The van der Waals surface area contributed by atoms with E-state index in [-0.39, 0.29) is 17.9 Å². The van der Waals surface area contributed by atoms with E-state index in [2.05, 4.69) is 20.3 Å². The minimum absolute atomic E-state index is 0.0911. The third kappa shape index (κ3) is 4.22. The monoisotopic (exact) mass is 405 g/mol. The highest BCUT2D eigenvalue weighted by Gasteiger charge is 2.13. The molecule has 0 unspecified atom stereocenters. The molecule has 4 rings (SSSR count). The highest BCUT2D eigenvalue weighted by Crippen LogP contribution is 2.31. The predicted octanol–water partition coefficient (Wildman–Crippen LogP) is 3.64. The fraction of sp³-hybridized carbons (Fsp3) is 0.190. The van der Waals surface area contributed by atoms with Crippen LogP contribution in [0.1, 0.15) is 18.5 Å². The van der Waals surface area contributed by atoms with Crippen molar-refractivity contribution in [2.24, 2.45) is 0 Å². The minimum atomic E-state index is -0.131. The van der Waals surface area contributed by atoms with Crippen molar-refractivity contribution in [3.8, 4) is 10.6 Å². The molecule has 0 bridgehead atoms. The van der Waals surface area contributed by atoms with Gasteiger partial charge < -0.3 is 5.32 Å². The first kappa shape index (κ1) is 18.9. The number of amides is 1. The summed E-state index contributed by atoms with van der Waals surface area (Å²) >= 11 is 1.40. The largest absolute Gasteiger partial charge is 0.302 e. The number of carbonyl (C=O) groups is 1. The Labute approximate surface area is 171 Å². The number of hydrogen-bond acceptors (Lipinski definition) is 6. The van der Waals surface area contributed by atoms with Crippen LogP contribution in [0.5, 0.6) is 0 Å². The van der Waals surface area contributed by atoms with Gasteiger partial charge in [0.2, 0.25) is 5.91 Å². The molecular weight excluding hydrogens is 386 g/mol. The van der Waals surface area contributed by atoms with Gasteiger partial charge in [-0.25, -0.2) is 9.97 Å². The quantitative estimate of drug-likeness (QED) is 0.529. The summed E-state index contributed by atoms with van der Waals surface area (Å²) in [5.74, 6) is -0.131. The topological polar surface area (TPSA) is 89.8 Å². The molecule has 4 aromatic rings. The summed E-state index contributed by atoms with van der Waals surface area (Å²) in [6.07, 6.45) is 4.09. The summed E-state index contributed by atoms with van der Waals surface area (Å²) in [6, 6.07) is 12.9. The molecule has 1 N–H and O–H groups in total. The first-order valence-corrected chi connectivity index (χ1v) is 10.1. The van der Waals surface area contributed by atoms with Crippen molar-refractivity contribution in [3.05, 3.63) is 71.0 Å². The number of rotatable bonds is 6. The summed E-state index contributed by atoms with van der Waals surface area (Å²) in [7, 11) is 0. The predicted molar refractivity (Wildman–Crippen MR) is 114 cm³/mol. The molecule has 3 heterocycles. The molecule has 146 valence electrons. The number of anilines is 1. The van der Waals surface area contributed by atoms with Gasteiger partial charge in [0.05, 0.1) is 33.5 Å². The zero-order valence-electron chi connectivity index (χ0n) is 15.8. The number of nitrogens with one attached hydrogen (secondary N) is 1. The van der Waals surface area contributed by atoms with E-state index in [1.165, 1.54) is 17.7 Å². The molecule has 0 aliphatic rings. The van der Waals surface area contributed by atoms with Crippen LogP contribution in [0, 0.1) is 6.92 Å². The Kier molecular flexibility index (Phi) is 5.44. The second kappa shape index (κ2) is 8.32. The second-order valence-electron chi connectivity index (χ2n) is 6.56. The maximum absolute atomic E-state index is 12.5. The van der Waals surface area contributed by atoms with E-state index in [4.69, 9.17) is 0 Å². The van der Waals surface area contributed by atoms with Gasteiger partial charge in [0.25, 0.3) is 5.56 Å². The van der Waals surface area contributed by atoms with Crippen molar-refractivity contribution in [1.29, 1.82) is 0 Å². The molecule has 0 radical (unpaired) electrons. The number of carbonyl (C=O) groups excluding carboxylic acids is 1. The van der Waals surface area contributed by atoms with E-state index in [9.17, 15) is 9.59 Å². The summed E-state index contributed by atoms with van der Waals surface area (Å²) in [4.78, 5) is 38.8. The molecule has 0 aliphatic carbocycles. The van der Waals surface area contributed by atoms with Gasteiger partial charge in [0.1, 0.15) is 0 Å².